The summed E-state index contributed by atoms with van der Waals surface area (Å²) in [6.07, 6.45) is 1.43. The van der Waals surface area contributed by atoms with Crippen LogP contribution in [-0.2, 0) is 47.5 Å². The third kappa shape index (κ3) is 7.04. The van der Waals surface area contributed by atoms with E-state index in [2.05, 4.69) is 29.7 Å². The number of thiazole rings is 1. The lowest BCUT2D eigenvalue weighted by atomic mass is 9.84. The molecule has 4 heterocycles. The molecular formula is C26H32N8O10S2. The van der Waals surface area contributed by atoms with E-state index < -0.39 is 58.2 Å². The number of benzene rings is 1. The first-order chi connectivity index (χ1) is 21.6. The smallest absolute Gasteiger partial charge is 0.351 e. The zero-order valence-corrected chi connectivity index (χ0v) is 26.5. The molecule has 0 radical (unpaired) electrons. The van der Waals surface area contributed by atoms with Crippen LogP contribution in [0.25, 0.3) is 10.9 Å². The van der Waals surface area contributed by atoms with Crippen LogP contribution >= 0.6 is 11.3 Å². The minimum absolute atomic E-state index is 0.0615. The Morgan fingerprint density at radius 2 is 2.15 bits per heavy atom. The summed E-state index contributed by atoms with van der Waals surface area (Å²) in [4.78, 5) is 47.0. The van der Waals surface area contributed by atoms with Gasteiger partial charge in [-0.3, -0.25) is 9.59 Å². The molecule has 0 spiro atoms. The van der Waals surface area contributed by atoms with Crippen molar-refractivity contribution in [1.82, 2.24) is 25.4 Å². The molecule has 5 rings (SSSR count). The maximum Gasteiger partial charge on any atom is 0.351 e. The highest BCUT2D eigenvalue weighted by atomic mass is 32.3. The van der Waals surface area contributed by atoms with Crippen LogP contribution in [0, 0.1) is 5.92 Å². The molecule has 2 aliphatic heterocycles. The van der Waals surface area contributed by atoms with Crippen LogP contribution in [0.1, 0.15) is 26.0 Å². The molecule has 0 bridgehead atoms. The number of carboxylic acid groups (broad SMARTS) is 1. The Bertz CT molecular complexity index is 1800. The van der Waals surface area contributed by atoms with Crippen LogP contribution in [0.2, 0.25) is 0 Å². The van der Waals surface area contributed by atoms with Gasteiger partial charge < -0.3 is 35.6 Å². The fraction of sp³-hybridized carbons (Fsp3) is 0.462. The van der Waals surface area contributed by atoms with Crippen molar-refractivity contribution in [2.75, 3.05) is 25.4 Å². The molecule has 1 unspecified atom stereocenters. The number of hydrogen-bond acceptors (Lipinski definition) is 14. The number of carboxylic acids is 1. The summed E-state index contributed by atoms with van der Waals surface area (Å²) in [7, 11) is -3.30. The van der Waals surface area contributed by atoms with Crippen molar-refractivity contribution in [2.45, 2.75) is 44.5 Å². The highest BCUT2D eigenvalue weighted by molar-refractivity contribution is 7.80. The van der Waals surface area contributed by atoms with E-state index >= 15 is 0 Å². The van der Waals surface area contributed by atoms with Crippen LogP contribution in [0.5, 0.6) is 5.75 Å². The zero-order chi connectivity index (χ0) is 33.4. The Labute approximate surface area is 266 Å². The zero-order valence-electron chi connectivity index (χ0n) is 24.9. The predicted octanol–water partition coefficient (Wildman–Crippen LogP) is -1.14. The number of aliphatic carboxylic acids is 1. The molecule has 2 amide bonds. The summed E-state index contributed by atoms with van der Waals surface area (Å²) in [5.74, 6) is -2.58. The van der Waals surface area contributed by atoms with Gasteiger partial charge in [0.25, 0.3) is 17.9 Å². The molecule has 2 aliphatic rings. The van der Waals surface area contributed by atoms with Gasteiger partial charge in [0.1, 0.15) is 29.6 Å². The first-order valence-corrected chi connectivity index (χ1v) is 16.2. The number of rotatable bonds is 13. The fourth-order valence-electron chi connectivity index (χ4n) is 5.17. The first-order valence-electron chi connectivity index (χ1n) is 13.9. The number of hydrogen-bond donors (Lipinski definition) is 4. The topological polar surface area (TPSA) is 244 Å². The molecule has 1 aromatic carbocycles. The summed E-state index contributed by atoms with van der Waals surface area (Å²) < 4.78 is 47.0. The van der Waals surface area contributed by atoms with E-state index in [0.717, 1.165) is 48.3 Å². The number of hydroxylamine groups is 2. The number of aromatic nitrogens is 3. The quantitative estimate of drug-likeness (QED) is 0.0417. The normalized spacial score (nSPS) is 20.4. The average Bonchev–Trinajstić information content (AvgIpc) is 3.73. The van der Waals surface area contributed by atoms with E-state index in [-0.39, 0.29) is 10.8 Å². The van der Waals surface area contributed by atoms with Crippen LogP contribution in [0.3, 0.4) is 0 Å². The number of carbonyl (C=O) groups excluding carboxylic acids is 2. The Morgan fingerprint density at radius 3 is 2.76 bits per heavy atom. The number of fused-ring (bicyclic) bond motifs is 1. The number of anilines is 1. The number of nitrogens with two attached hydrogens (primary N) is 1. The summed E-state index contributed by atoms with van der Waals surface area (Å²) in [5.41, 5.74) is 4.60. The van der Waals surface area contributed by atoms with E-state index in [1.807, 2.05) is 24.0 Å². The maximum absolute atomic E-state index is 13.2. The number of carbonyl (C=O) groups is 3. The van der Waals surface area contributed by atoms with Crippen molar-refractivity contribution in [3.8, 4) is 5.75 Å². The van der Waals surface area contributed by atoms with Gasteiger partial charge in [0.15, 0.2) is 17.4 Å². The molecule has 5 N–H and O–H groups in total. The highest BCUT2D eigenvalue weighted by Gasteiger charge is 2.57. The summed E-state index contributed by atoms with van der Waals surface area (Å²) in [5, 5.41) is 21.9. The van der Waals surface area contributed by atoms with Crippen molar-refractivity contribution in [2.24, 2.45) is 18.1 Å². The van der Waals surface area contributed by atoms with E-state index in [0.29, 0.717) is 16.7 Å². The first kappa shape index (κ1) is 33.0. The van der Waals surface area contributed by atoms with E-state index in [4.69, 9.17) is 15.3 Å². The number of nitrogens with one attached hydrogen (secondary N) is 2. The van der Waals surface area contributed by atoms with Crippen LogP contribution in [-0.4, -0.2) is 93.7 Å². The average molecular weight is 681 g/mol. The number of oxime groups is 1. The van der Waals surface area contributed by atoms with Gasteiger partial charge in [-0.05, 0) is 45.0 Å². The van der Waals surface area contributed by atoms with Gasteiger partial charge in [0.2, 0.25) is 16.6 Å². The Kier molecular flexibility index (Phi) is 9.18. The lowest BCUT2D eigenvalue weighted by Gasteiger charge is -2.51. The molecule has 3 aromatic rings. The minimum atomic E-state index is -5.26. The van der Waals surface area contributed by atoms with Gasteiger partial charge in [-0.1, -0.05) is 5.16 Å². The van der Waals surface area contributed by atoms with Crippen molar-refractivity contribution >= 4 is 61.3 Å². The van der Waals surface area contributed by atoms with Crippen LogP contribution in [0.15, 0.2) is 34.9 Å². The van der Waals surface area contributed by atoms with Gasteiger partial charge in [-0.25, -0.2) is 18.2 Å². The molecule has 20 heteroatoms. The molecule has 46 heavy (non-hydrogen) atoms. The van der Waals surface area contributed by atoms with E-state index in [1.54, 1.807) is 12.1 Å². The van der Waals surface area contributed by atoms with Gasteiger partial charge in [0, 0.05) is 17.8 Å². The number of ether oxygens (including phenoxy) is 1. The third-order valence-electron chi connectivity index (χ3n) is 7.67. The maximum atomic E-state index is 13.2. The lowest BCUT2D eigenvalue weighted by Crippen LogP contribution is -2.76. The molecule has 0 saturated carbocycles. The van der Waals surface area contributed by atoms with Crippen molar-refractivity contribution in [3.05, 3.63) is 35.5 Å². The molecule has 2 aromatic heterocycles. The second-order valence-corrected chi connectivity index (χ2v) is 13.1. The van der Waals surface area contributed by atoms with Gasteiger partial charge in [0.05, 0.1) is 18.0 Å². The number of amides is 2. The molecule has 2 fully saturated rings. The predicted molar refractivity (Wildman–Crippen MR) is 159 cm³/mol. The second kappa shape index (κ2) is 12.8. The van der Waals surface area contributed by atoms with Gasteiger partial charge in [-0.15, -0.1) is 16.0 Å². The van der Waals surface area contributed by atoms with Crippen LogP contribution in [0.4, 0.5) is 5.13 Å². The number of β-lactam (4-membered cyclic amide) rings is 1. The summed E-state index contributed by atoms with van der Waals surface area (Å²) in [6, 6.07) is 3.99. The molecule has 2 saturated heterocycles. The molecule has 18 nitrogen and oxygen atoms in total. The molecule has 0 aliphatic carbocycles. The summed E-state index contributed by atoms with van der Waals surface area (Å²) in [6.45, 7) is 5.01. The standard InChI is InChI=1S/C26H32N8O10S2/c1-26(2)21(23(36)34(26)44-46(39,40)41)30-22(35)20(17-13-45-25(27)29-17)31-43-19(24(37)38)12-42-16-4-5-18-15(8-16)11-33(32(18)3)10-14-6-7-28-9-14/h4-5,8,11,13-14,19,21,28H,6-7,9-10,12H2,1-3H3,(H4-,27,29,30,35,37,38,39,40,41)/b31-20-/t14-,19?,21-/m1/s1. The SMILES string of the molecule is Cn1c2ccc(OCC(O/N=C(\C(=O)N[C@@H]3C(=O)N(OS(=O)(=O)[O-])C3(C)C)c3csc(N)n3)C(=O)O)cc2c[n+]1C[C@@H]1CCNC1. The van der Waals surface area contributed by atoms with Gasteiger partial charge in [-0.2, -0.15) is 14.0 Å². The lowest BCUT2D eigenvalue weighted by molar-refractivity contribution is -0.775. The monoisotopic (exact) mass is 680 g/mol. The largest absolute Gasteiger partial charge is 0.724 e. The second-order valence-electron chi connectivity index (χ2n) is 11.3. The van der Waals surface area contributed by atoms with Crippen molar-refractivity contribution < 1.29 is 51.0 Å². The summed E-state index contributed by atoms with van der Waals surface area (Å²) >= 11 is 0.962. The Hall–Kier alpha value is -4.37. The Balaban J connectivity index is 1.29. The number of nitrogen functional groups attached to an aromatic ring is 1. The van der Waals surface area contributed by atoms with E-state index in [1.165, 1.54) is 19.2 Å². The van der Waals surface area contributed by atoms with Crippen molar-refractivity contribution in [1.29, 1.82) is 0 Å². The minimum Gasteiger partial charge on any atom is -0.724 e. The van der Waals surface area contributed by atoms with Crippen molar-refractivity contribution in [3.63, 3.8) is 0 Å². The Morgan fingerprint density at radius 1 is 1.39 bits per heavy atom. The van der Waals surface area contributed by atoms with Crippen LogP contribution < -0.4 is 25.8 Å². The van der Waals surface area contributed by atoms with E-state index in [9.17, 15) is 32.5 Å². The fourth-order valence-corrected chi connectivity index (χ4v) is 6.16. The molecule has 3 atom stereocenters. The molecular weight excluding hydrogens is 648 g/mol. The molecule has 248 valence electrons. The third-order valence-corrected chi connectivity index (χ3v) is 8.68. The number of nitrogens with zero attached hydrogens (tertiary/aromatic N) is 5. The van der Waals surface area contributed by atoms with Gasteiger partial charge >= 0.3 is 5.97 Å². The number of aryl methyl sites for hydroxylation is 1. The highest BCUT2D eigenvalue weighted by Crippen LogP contribution is 2.33.